The standard InChI is InChI=1S/C22H26O2Si/c1-18-15-19(23-16-18)17-24-25(22(2,3)4,20-11-7-5-8-12-20)21-13-9-6-10-14-21/h5-16H,17H2,1-4H3. The summed E-state index contributed by atoms with van der Waals surface area (Å²) in [6.07, 6.45) is 1.78. The number of benzene rings is 2. The summed E-state index contributed by atoms with van der Waals surface area (Å²) in [5.41, 5.74) is 1.13. The Bertz CT molecular complexity index is 761. The first-order valence-corrected chi connectivity index (χ1v) is 10.6. The molecule has 0 bridgehead atoms. The van der Waals surface area contributed by atoms with Crippen LogP contribution < -0.4 is 10.4 Å². The summed E-state index contributed by atoms with van der Waals surface area (Å²) in [5.74, 6) is 0.880. The number of hydrogen-bond acceptors (Lipinski definition) is 2. The fourth-order valence-corrected chi connectivity index (χ4v) is 8.02. The van der Waals surface area contributed by atoms with E-state index in [1.165, 1.54) is 10.4 Å². The van der Waals surface area contributed by atoms with Crippen molar-refractivity contribution in [2.45, 2.75) is 39.3 Å². The Morgan fingerprint density at radius 1 is 0.880 bits per heavy atom. The maximum absolute atomic E-state index is 6.81. The normalized spacial score (nSPS) is 12.3. The molecule has 0 amide bonds. The fraction of sp³-hybridized carbons (Fsp3) is 0.273. The first-order valence-electron chi connectivity index (χ1n) is 8.72. The number of rotatable bonds is 5. The first kappa shape index (κ1) is 17.7. The molecule has 3 heteroatoms. The predicted molar refractivity (Wildman–Crippen MR) is 106 cm³/mol. The van der Waals surface area contributed by atoms with Gasteiger partial charge in [-0.05, 0) is 34.0 Å². The molecule has 0 aliphatic carbocycles. The summed E-state index contributed by atoms with van der Waals surface area (Å²) < 4.78 is 12.5. The van der Waals surface area contributed by atoms with E-state index in [1.807, 2.05) is 6.92 Å². The summed E-state index contributed by atoms with van der Waals surface area (Å²) >= 11 is 0. The second kappa shape index (κ2) is 7.02. The smallest absolute Gasteiger partial charge is 0.261 e. The van der Waals surface area contributed by atoms with Crippen molar-refractivity contribution in [3.05, 3.63) is 84.3 Å². The van der Waals surface area contributed by atoms with E-state index < -0.39 is 8.32 Å². The molecular formula is C22H26O2Si. The Kier molecular flexibility index (Phi) is 4.98. The first-order chi connectivity index (χ1) is 11.9. The molecule has 25 heavy (non-hydrogen) atoms. The Hall–Kier alpha value is -2.10. The summed E-state index contributed by atoms with van der Waals surface area (Å²) in [4.78, 5) is 0. The quantitative estimate of drug-likeness (QED) is 0.624. The van der Waals surface area contributed by atoms with E-state index in [9.17, 15) is 0 Å². The zero-order valence-electron chi connectivity index (χ0n) is 15.5. The minimum absolute atomic E-state index is 0.0165. The van der Waals surface area contributed by atoms with E-state index in [1.54, 1.807) is 6.26 Å². The number of furan rings is 1. The van der Waals surface area contributed by atoms with Crippen LogP contribution in [0.1, 0.15) is 32.1 Å². The molecule has 3 aromatic rings. The lowest BCUT2D eigenvalue weighted by molar-refractivity contribution is 0.254. The molecule has 0 saturated carbocycles. The third kappa shape index (κ3) is 3.48. The lowest BCUT2D eigenvalue weighted by Crippen LogP contribution is -2.66. The molecule has 0 saturated heterocycles. The van der Waals surface area contributed by atoms with E-state index in [2.05, 4.69) is 87.5 Å². The molecule has 2 nitrogen and oxygen atoms in total. The average Bonchev–Trinajstić information content (AvgIpc) is 3.02. The van der Waals surface area contributed by atoms with Gasteiger partial charge in [-0.1, -0.05) is 81.4 Å². The monoisotopic (exact) mass is 350 g/mol. The van der Waals surface area contributed by atoms with Gasteiger partial charge in [0.15, 0.2) is 0 Å². The summed E-state index contributed by atoms with van der Waals surface area (Å²) in [5, 5.41) is 2.56. The van der Waals surface area contributed by atoms with Gasteiger partial charge < -0.3 is 8.84 Å². The molecule has 2 aromatic carbocycles. The molecule has 1 heterocycles. The van der Waals surface area contributed by atoms with Gasteiger partial charge in [0.25, 0.3) is 8.32 Å². The van der Waals surface area contributed by atoms with Gasteiger partial charge in [0, 0.05) is 0 Å². The van der Waals surface area contributed by atoms with Gasteiger partial charge in [-0.15, -0.1) is 0 Å². The maximum Gasteiger partial charge on any atom is 0.261 e. The van der Waals surface area contributed by atoms with Gasteiger partial charge in [0.05, 0.1) is 12.9 Å². The van der Waals surface area contributed by atoms with Crippen molar-refractivity contribution in [2.24, 2.45) is 0 Å². The third-order valence-electron chi connectivity index (χ3n) is 4.63. The molecule has 0 aliphatic rings. The Morgan fingerprint density at radius 3 is 1.80 bits per heavy atom. The SMILES string of the molecule is Cc1coc(CO[Si](c2ccccc2)(c2ccccc2)C(C)(C)C)c1. The predicted octanol–water partition coefficient (Wildman–Crippen LogP) is 4.66. The summed E-state index contributed by atoms with van der Waals surface area (Å²) in [6, 6.07) is 23.4. The molecule has 130 valence electrons. The number of hydrogen-bond donors (Lipinski definition) is 0. The van der Waals surface area contributed by atoms with E-state index in [0.29, 0.717) is 6.61 Å². The zero-order valence-corrected chi connectivity index (χ0v) is 16.5. The highest BCUT2D eigenvalue weighted by molar-refractivity contribution is 6.99. The Labute approximate surface area is 151 Å². The molecule has 0 spiro atoms. The van der Waals surface area contributed by atoms with Crippen LogP contribution in [0.4, 0.5) is 0 Å². The van der Waals surface area contributed by atoms with Crippen molar-refractivity contribution in [1.82, 2.24) is 0 Å². The van der Waals surface area contributed by atoms with Gasteiger partial charge in [0.2, 0.25) is 0 Å². The lowest BCUT2D eigenvalue weighted by Gasteiger charge is -2.42. The van der Waals surface area contributed by atoms with Gasteiger partial charge in [-0.3, -0.25) is 0 Å². The molecule has 0 atom stereocenters. The third-order valence-corrected chi connectivity index (χ3v) is 9.62. The van der Waals surface area contributed by atoms with Crippen LogP contribution >= 0.6 is 0 Å². The second-order valence-electron chi connectivity index (χ2n) is 7.54. The molecule has 1 aromatic heterocycles. The Morgan fingerprint density at radius 2 is 1.40 bits per heavy atom. The van der Waals surface area contributed by atoms with E-state index in [4.69, 9.17) is 8.84 Å². The molecule has 3 rings (SSSR count). The van der Waals surface area contributed by atoms with Crippen LogP contribution in [0.5, 0.6) is 0 Å². The second-order valence-corrected chi connectivity index (χ2v) is 11.8. The largest absolute Gasteiger partial charge is 0.467 e. The summed E-state index contributed by atoms with van der Waals surface area (Å²) in [7, 11) is -2.48. The van der Waals surface area contributed by atoms with Crippen LogP contribution in [0.25, 0.3) is 0 Å². The fourth-order valence-electron chi connectivity index (χ4n) is 3.51. The van der Waals surface area contributed by atoms with Crippen molar-refractivity contribution < 1.29 is 8.84 Å². The van der Waals surface area contributed by atoms with Crippen molar-refractivity contribution in [3.63, 3.8) is 0 Å². The van der Waals surface area contributed by atoms with Crippen LogP contribution in [-0.4, -0.2) is 8.32 Å². The molecule has 0 fully saturated rings. The van der Waals surface area contributed by atoms with Crippen LogP contribution in [0.15, 0.2) is 77.4 Å². The van der Waals surface area contributed by atoms with Crippen molar-refractivity contribution in [1.29, 1.82) is 0 Å². The van der Waals surface area contributed by atoms with Crippen molar-refractivity contribution >= 4 is 18.7 Å². The van der Waals surface area contributed by atoms with Gasteiger partial charge in [-0.2, -0.15) is 0 Å². The van der Waals surface area contributed by atoms with E-state index >= 15 is 0 Å². The zero-order chi connectivity index (χ0) is 17.9. The average molecular weight is 351 g/mol. The molecule has 0 unspecified atom stereocenters. The van der Waals surface area contributed by atoms with E-state index in [0.717, 1.165) is 11.3 Å². The van der Waals surface area contributed by atoms with Gasteiger partial charge in [-0.25, -0.2) is 0 Å². The van der Waals surface area contributed by atoms with Crippen LogP contribution in [0.2, 0.25) is 5.04 Å². The summed E-state index contributed by atoms with van der Waals surface area (Å²) in [6.45, 7) is 9.38. The molecule has 0 aliphatic heterocycles. The van der Waals surface area contributed by atoms with Gasteiger partial charge >= 0.3 is 0 Å². The molecule has 0 N–H and O–H groups in total. The maximum atomic E-state index is 6.81. The number of aryl methyl sites for hydroxylation is 1. The Balaban J connectivity index is 2.11. The topological polar surface area (TPSA) is 22.4 Å². The van der Waals surface area contributed by atoms with Gasteiger partial charge in [0.1, 0.15) is 5.76 Å². The minimum Gasteiger partial charge on any atom is -0.467 e. The highest BCUT2D eigenvalue weighted by Crippen LogP contribution is 2.37. The highest BCUT2D eigenvalue weighted by atomic mass is 28.4. The van der Waals surface area contributed by atoms with Crippen LogP contribution in [0, 0.1) is 6.92 Å². The molecule has 0 radical (unpaired) electrons. The minimum atomic E-state index is -2.48. The van der Waals surface area contributed by atoms with E-state index in [-0.39, 0.29) is 5.04 Å². The van der Waals surface area contributed by atoms with Crippen LogP contribution in [-0.2, 0) is 11.0 Å². The molecular weight excluding hydrogens is 324 g/mol. The lowest BCUT2D eigenvalue weighted by atomic mass is 10.2. The van der Waals surface area contributed by atoms with Crippen LogP contribution in [0.3, 0.4) is 0 Å². The van der Waals surface area contributed by atoms with Crippen molar-refractivity contribution in [2.75, 3.05) is 0 Å². The highest BCUT2D eigenvalue weighted by Gasteiger charge is 2.50. The van der Waals surface area contributed by atoms with Crippen molar-refractivity contribution in [3.8, 4) is 0 Å².